The van der Waals surface area contributed by atoms with Gasteiger partial charge in [-0.05, 0) is 37.3 Å². The fourth-order valence-corrected chi connectivity index (χ4v) is 3.80. The summed E-state index contributed by atoms with van der Waals surface area (Å²) in [5, 5.41) is 5.83. The highest BCUT2D eigenvalue weighted by Gasteiger charge is 2.22. The molecule has 1 unspecified atom stereocenters. The van der Waals surface area contributed by atoms with E-state index >= 15 is 0 Å². The number of hydrogen-bond donors (Lipinski definition) is 3. The van der Waals surface area contributed by atoms with E-state index in [1.807, 2.05) is 18.2 Å². The van der Waals surface area contributed by atoms with Gasteiger partial charge in [0, 0.05) is 30.9 Å². The summed E-state index contributed by atoms with van der Waals surface area (Å²) in [7, 11) is 0. The van der Waals surface area contributed by atoms with Gasteiger partial charge in [-0.15, -0.1) is 0 Å². The first-order valence-corrected chi connectivity index (χ1v) is 11.8. The number of amides is 2. The van der Waals surface area contributed by atoms with Crippen LogP contribution in [0, 0.1) is 11.8 Å². The fraction of sp³-hybridized carbons (Fsp3) is 0.143. The maximum atomic E-state index is 13.9. The Morgan fingerprint density at radius 2 is 1.89 bits per heavy atom. The van der Waals surface area contributed by atoms with Crippen molar-refractivity contribution in [2.75, 3.05) is 12.3 Å². The van der Waals surface area contributed by atoms with Gasteiger partial charge in [0.1, 0.15) is 5.82 Å². The molecule has 0 spiro atoms. The van der Waals surface area contributed by atoms with E-state index in [4.69, 9.17) is 10.7 Å². The predicted octanol–water partition coefficient (Wildman–Crippen LogP) is 2.29. The Morgan fingerprint density at radius 3 is 2.63 bits per heavy atom. The number of nitrogens with zero attached hydrogens (tertiary/aromatic N) is 4. The third-order valence-electron chi connectivity index (χ3n) is 5.57. The zero-order valence-electron chi connectivity index (χ0n) is 20.6. The lowest BCUT2D eigenvalue weighted by molar-refractivity contribution is -0.116. The Labute approximate surface area is 218 Å². The summed E-state index contributed by atoms with van der Waals surface area (Å²) >= 11 is 0. The van der Waals surface area contributed by atoms with Crippen LogP contribution in [0.15, 0.2) is 78.4 Å². The molecule has 4 N–H and O–H groups in total. The third-order valence-corrected chi connectivity index (χ3v) is 5.57. The Balaban J connectivity index is 1.77. The van der Waals surface area contributed by atoms with E-state index in [0.717, 1.165) is 0 Å². The van der Waals surface area contributed by atoms with E-state index in [1.54, 1.807) is 37.3 Å². The van der Waals surface area contributed by atoms with Crippen molar-refractivity contribution in [2.45, 2.75) is 19.4 Å². The second kappa shape index (κ2) is 11.6. The van der Waals surface area contributed by atoms with Crippen molar-refractivity contribution >= 4 is 28.5 Å². The lowest BCUT2D eigenvalue weighted by Gasteiger charge is -2.20. The Hall–Kier alpha value is -5.30. The number of fused-ring (bicyclic) bond motifs is 1. The Morgan fingerprint density at radius 1 is 1.13 bits per heavy atom. The van der Waals surface area contributed by atoms with E-state index in [0.29, 0.717) is 40.9 Å². The summed E-state index contributed by atoms with van der Waals surface area (Å²) in [5.74, 6) is 5.52. The van der Waals surface area contributed by atoms with Crippen LogP contribution in [0.5, 0.6) is 0 Å². The molecule has 10 nitrogen and oxygen atoms in total. The van der Waals surface area contributed by atoms with Crippen molar-refractivity contribution in [3.05, 3.63) is 101 Å². The third kappa shape index (κ3) is 5.57. The molecule has 10 heteroatoms. The van der Waals surface area contributed by atoms with Gasteiger partial charge in [-0.25, -0.2) is 15.0 Å². The molecule has 4 aromatic rings. The van der Waals surface area contributed by atoms with Crippen molar-refractivity contribution in [2.24, 2.45) is 0 Å². The van der Waals surface area contributed by atoms with Crippen LogP contribution in [0.3, 0.4) is 0 Å². The minimum absolute atomic E-state index is 0.00334. The van der Waals surface area contributed by atoms with Crippen LogP contribution >= 0.6 is 0 Å². The predicted molar refractivity (Wildman–Crippen MR) is 144 cm³/mol. The number of benzene rings is 2. The smallest absolute Gasteiger partial charge is 0.274 e. The number of aromatic nitrogens is 4. The first-order valence-electron chi connectivity index (χ1n) is 11.8. The van der Waals surface area contributed by atoms with Gasteiger partial charge in [-0.2, -0.15) is 0 Å². The highest BCUT2D eigenvalue weighted by molar-refractivity contribution is 5.96. The van der Waals surface area contributed by atoms with Crippen molar-refractivity contribution in [3.8, 4) is 17.5 Å². The number of carbonyl (C=O) groups is 2. The average molecular weight is 508 g/mol. The molecular formula is C28H25N7O3. The van der Waals surface area contributed by atoms with Crippen molar-refractivity contribution in [3.63, 3.8) is 0 Å². The summed E-state index contributed by atoms with van der Waals surface area (Å²) < 4.78 is 1.46. The minimum atomic E-state index is -0.690. The molecule has 0 saturated carbocycles. The van der Waals surface area contributed by atoms with Crippen LogP contribution in [0.2, 0.25) is 0 Å². The van der Waals surface area contributed by atoms with Gasteiger partial charge in [0.05, 0.1) is 22.6 Å². The number of nitrogens with two attached hydrogens (primary N) is 1. The normalized spacial score (nSPS) is 11.2. The molecule has 0 fully saturated rings. The van der Waals surface area contributed by atoms with E-state index in [-0.39, 0.29) is 23.0 Å². The van der Waals surface area contributed by atoms with E-state index in [9.17, 15) is 14.4 Å². The Kier molecular flexibility index (Phi) is 7.89. The molecular weight excluding hydrogens is 482 g/mol. The molecule has 38 heavy (non-hydrogen) atoms. The van der Waals surface area contributed by atoms with Gasteiger partial charge in [-0.3, -0.25) is 19.0 Å². The Bertz CT molecular complexity index is 1640. The largest absolute Gasteiger partial charge is 0.382 e. The molecule has 0 aliphatic heterocycles. The molecule has 0 aliphatic rings. The van der Waals surface area contributed by atoms with E-state index in [2.05, 4.69) is 39.0 Å². The number of anilines is 1. The van der Waals surface area contributed by atoms with Crippen LogP contribution in [-0.2, 0) is 4.79 Å². The molecule has 1 atom stereocenters. The standard InChI is InChI=1S/C28H25N7O3/c1-3-22(36)30-15-8-7-10-19-11-9-14-21-23(19)28(38)35(20-12-5-4-6-13-20)26(34-21)18(2)33-27(37)24-25(29)32-17-16-31-24/h3-6,9,11-14,16-18H,1,8,15H2,2H3,(H2,29,32)(H,30,36)(H,33,37). The molecule has 0 saturated heterocycles. The quantitative estimate of drug-likeness (QED) is 0.198. The summed E-state index contributed by atoms with van der Waals surface area (Å²) in [6, 6.07) is 13.6. The zero-order valence-corrected chi connectivity index (χ0v) is 20.6. The van der Waals surface area contributed by atoms with Gasteiger partial charge >= 0.3 is 0 Å². The topological polar surface area (TPSA) is 145 Å². The molecule has 2 aromatic heterocycles. The zero-order chi connectivity index (χ0) is 27.1. The number of carbonyl (C=O) groups excluding carboxylic acids is 2. The maximum Gasteiger partial charge on any atom is 0.274 e. The SMILES string of the molecule is C=CC(=O)NCCC#Cc1cccc2nc(C(C)NC(=O)c3nccnc3N)n(-c3ccccc3)c(=O)c12. The average Bonchev–Trinajstić information content (AvgIpc) is 2.93. The van der Waals surface area contributed by atoms with Crippen LogP contribution in [0.4, 0.5) is 5.82 Å². The molecule has 190 valence electrons. The first kappa shape index (κ1) is 25.8. The van der Waals surface area contributed by atoms with Crippen LogP contribution in [-0.4, -0.2) is 37.9 Å². The second-order valence-corrected chi connectivity index (χ2v) is 8.18. The number of para-hydroxylation sites is 1. The lowest BCUT2D eigenvalue weighted by Crippen LogP contribution is -2.34. The second-order valence-electron chi connectivity index (χ2n) is 8.18. The summed E-state index contributed by atoms with van der Waals surface area (Å²) in [6.07, 6.45) is 4.35. The van der Waals surface area contributed by atoms with Crippen LogP contribution < -0.4 is 21.9 Å². The first-order chi connectivity index (χ1) is 18.4. The van der Waals surface area contributed by atoms with Crippen molar-refractivity contribution in [1.82, 2.24) is 30.2 Å². The number of nitrogens with one attached hydrogen (secondary N) is 2. The monoisotopic (exact) mass is 507 g/mol. The van der Waals surface area contributed by atoms with Gasteiger partial charge in [0.15, 0.2) is 11.5 Å². The van der Waals surface area contributed by atoms with E-state index < -0.39 is 11.9 Å². The molecule has 0 bridgehead atoms. The summed E-state index contributed by atoms with van der Waals surface area (Å²) in [4.78, 5) is 50.8. The number of hydrogen-bond acceptors (Lipinski definition) is 7. The number of rotatable bonds is 7. The maximum absolute atomic E-state index is 13.9. The van der Waals surface area contributed by atoms with Crippen molar-refractivity contribution < 1.29 is 9.59 Å². The van der Waals surface area contributed by atoms with Crippen molar-refractivity contribution in [1.29, 1.82) is 0 Å². The van der Waals surface area contributed by atoms with Crippen LogP contribution in [0.1, 0.15) is 41.3 Å². The molecule has 2 aromatic carbocycles. The summed E-state index contributed by atoms with van der Waals surface area (Å²) in [5.41, 5.74) is 6.98. The van der Waals surface area contributed by atoms with Gasteiger partial charge in [-0.1, -0.05) is 42.7 Å². The molecule has 0 aliphatic carbocycles. The van der Waals surface area contributed by atoms with Gasteiger partial charge in [0.25, 0.3) is 11.5 Å². The lowest BCUT2D eigenvalue weighted by atomic mass is 10.1. The molecule has 4 rings (SSSR count). The number of nitrogen functional groups attached to an aromatic ring is 1. The highest BCUT2D eigenvalue weighted by Crippen LogP contribution is 2.20. The van der Waals surface area contributed by atoms with E-state index in [1.165, 1.54) is 23.0 Å². The summed E-state index contributed by atoms with van der Waals surface area (Å²) in [6.45, 7) is 5.49. The molecule has 2 amide bonds. The molecule has 0 radical (unpaired) electrons. The van der Waals surface area contributed by atoms with Crippen LogP contribution in [0.25, 0.3) is 16.6 Å². The minimum Gasteiger partial charge on any atom is -0.382 e. The molecule has 2 heterocycles. The van der Waals surface area contributed by atoms with Gasteiger partial charge in [0.2, 0.25) is 5.91 Å². The highest BCUT2D eigenvalue weighted by atomic mass is 16.2. The van der Waals surface area contributed by atoms with Gasteiger partial charge < -0.3 is 16.4 Å². The fourth-order valence-electron chi connectivity index (χ4n) is 3.80.